The van der Waals surface area contributed by atoms with Crippen LogP contribution in [0.3, 0.4) is 0 Å². The largest absolute Gasteiger partial charge is 0.394 e. The lowest BCUT2D eigenvalue weighted by Gasteiger charge is -2.18. The van der Waals surface area contributed by atoms with Crippen molar-refractivity contribution < 1.29 is 23.8 Å². The topological polar surface area (TPSA) is 81.6 Å². The van der Waals surface area contributed by atoms with Gasteiger partial charge in [0.15, 0.2) is 0 Å². The number of fused-ring (bicyclic) bond motifs is 1. The van der Waals surface area contributed by atoms with Crippen molar-refractivity contribution >= 4 is 17.2 Å². The fraction of sp³-hybridized carbons (Fsp3) is 0.400. The number of halogens is 2. The molecule has 0 spiro atoms. The minimum atomic E-state index is -3.13. The Morgan fingerprint density at radius 1 is 1.45 bits per heavy atom. The number of aliphatic hydroxyl groups is 2. The van der Waals surface area contributed by atoms with Crippen LogP contribution in [0.25, 0.3) is 5.57 Å². The number of benzene rings is 1. The number of nitrogens with one attached hydrogen (secondary N) is 2. The van der Waals surface area contributed by atoms with E-state index >= 15 is 0 Å². The highest BCUT2D eigenvalue weighted by Crippen LogP contribution is 2.40. The zero-order chi connectivity index (χ0) is 16.2. The molecule has 120 valence electrons. The number of hydrogen-bond acceptors (Lipinski definition) is 4. The molecule has 0 unspecified atom stereocenters. The average Bonchev–Trinajstić information content (AvgIpc) is 2.62. The number of carbonyl (C=O) groups excluding carboxylic acids is 1. The van der Waals surface area contributed by atoms with Crippen LogP contribution < -0.4 is 10.6 Å². The summed E-state index contributed by atoms with van der Waals surface area (Å²) in [5.74, 6) is -3.87. The molecule has 0 bridgehead atoms. The molecule has 0 aliphatic carbocycles. The van der Waals surface area contributed by atoms with Crippen LogP contribution in [0.4, 0.5) is 14.5 Å². The number of alkyl halides is 2. The molecule has 1 amide bonds. The molecule has 4 N–H and O–H groups in total. The first-order valence-electron chi connectivity index (χ1n) is 6.94. The molecular formula is C15H18F2N2O3. The quantitative estimate of drug-likeness (QED) is 0.625. The fourth-order valence-corrected chi connectivity index (χ4v) is 2.21. The van der Waals surface area contributed by atoms with Crippen molar-refractivity contribution in [1.82, 2.24) is 5.32 Å². The van der Waals surface area contributed by atoms with Crippen LogP contribution in [0.15, 0.2) is 30.3 Å². The first kappa shape index (κ1) is 16.4. The van der Waals surface area contributed by atoms with Gasteiger partial charge in [0.25, 0.3) is 5.92 Å². The molecule has 2 rings (SSSR count). The van der Waals surface area contributed by atoms with E-state index in [1.165, 1.54) is 6.07 Å². The summed E-state index contributed by atoms with van der Waals surface area (Å²) < 4.78 is 28.5. The van der Waals surface area contributed by atoms with Crippen molar-refractivity contribution in [2.45, 2.75) is 18.4 Å². The summed E-state index contributed by atoms with van der Waals surface area (Å²) in [4.78, 5) is 11.8. The molecule has 1 atom stereocenters. The summed E-state index contributed by atoms with van der Waals surface area (Å²) in [5.41, 5.74) is 0.473. The van der Waals surface area contributed by atoms with Gasteiger partial charge in [-0.05, 0) is 6.07 Å². The van der Waals surface area contributed by atoms with Crippen molar-refractivity contribution in [3.8, 4) is 0 Å². The molecule has 0 radical (unpaired) electrons. The molecule has 1 aromatic rings. The second-order valence-electron chi connectivity index (χ2n) is 5.07. The number of anilines is 1. The van der Waals surface area contributed by atoms with Crippen LogP contribution >= 0.6 is 0 Å². The molecule has 5 nitrogen and oxygen atoms in total. The third kappa shape index (κ3) is 3.80. The van der Waals surface area contributed by atoms with E-state index in [4.69, 9.17) is 5.11 Å². The average molecular weight is 312 g/mol. The van der Waals surface area contributed by atoms with Gasteiger partial charge < -0.3 is 20.8 Å². The van der Waals surface area contributed by atoms with E-state index in [2.05, 4.69) is 10.6 Å². The Kier molecular flexibility index (Phi) is 5.10. The summed E-state index contributed by atoms with van der Waals surface area (Å²) in [5, 5.41) is 23.1. The molecule has 1 aromatic carbocycles. The first-order valence-corrected chi connectivity index (χ1v) is 6.94. The molecule has 0 fully saturated rings. The zero-order valence-electron chi connectivity index (χ0n) is 11.9. The highest BCUT2D eigenvalue weighted by atomic mass is 19.3. The summed E-state index contributed by atoms with van der Waals surface area (Å²) >= 11 is 0. The van der Waals surface area contributed by atoms with Gasteiger partial charge in [0.05, 0.1) is 12.7 Å². The summed E-state index contributed by atoms with van der Waals surface area (Å²) in [6, 6.07) is 6.56. The number of hydrogen-bond donors (Lipinski definition) is 4. The number of aliphatic hydroxyl groups excluding tert-OH is 2. The number of rotatable bonds is 4. The second-order valence-corrected chi connectivity index (χ2v) is 5.07. The molecular weight excluding hydrogens is 294 g/mol. The van der Waals surface area contributed by atoms with Gasteiger partial charge in [0.1, 0.15) is 0 Å². The summed E-state index contributed by atoms with van der Waals surface area (Å²) in [7, 11) is 0. The fourth-order valence-electron chi connectivity index (χ4n) is 2.21. The van der Waals surface area contributed by atoms with E-state index in [1.807, 2.05) is 0 Å². The Bertz CT molecular complexity index is 576. The lowest BCUT2D eigenvalue weighted by atomic mass is 9.97. The summed E-state index contributed by atoms with van der Waals surface area (Å²) in [6.45, 7) is -0.615. The molecule has 0 saturated carbocycles. The first-order chi connectivity index (χ1) is 10.4. The van der Waals surface area contributed by atoms with E-state index in [1.54, 1.807) is 18.2 Å². The standard InChI is InChI=1S/C15H18F2N2O3/c16-15(17)5-6-18-13-4-2-1-3-11(13)12(15)7-14(22)19-8-10(21)9-20/h1-4,7,10,18,20-21H,5-6,8-9H2,(H,19,22)/t10-/m0/s1. The zero-order valence-corrected chi connectivity index (χ0v) is 11.9. The van der Waals surface area contributed by atoms with E-state index in [-0.39, 0.29) is 24.2 Å². The molecule has 22 heavy (non-hydrogen) atoms. The van der Waals surface area contributed by atoms with Crippen LogP contribution in [0.1, 0.15) is 12.0 Å². The van der Waals surface area contributed by atoms with Crippen molar-refractivity contribution in [3.05, 3.63) is 35.9 Å². The number of allylic oxidation sites excluding steroid dienone is 1. The van der Waals surface area contributed by atoms with Crippen molar-refractivity contribution in [2.24, 2.45) is 0 Å². The maximum Gasteiger partial charge on any atom is 0.275 e. The molecule has 0 aromatic heterocycles. The van der Waals surface area contributed by atoms with Gasteiger partial charge in [-0.25, -0.2) is 8.78 Å². The number of amides is 1. The predicted octanol–water partition coefficient (Wildman–Crippen LogP) is 0.990. The third-order valence-electron chi connectivity index (χ3n) is 3.36. The predicted molar refractivity (Wildman–Crippen MR) is 78.6 cm³/mol. The normalized spacial score (nSPS) is 19.7. The van der Waals surface area contributed by atoms with Crippen LogP contribution in [0.2, 0.25) is 0 Å². The minimum absolute atomic E-state index is 0.103. The molecule has 7 heteroatoms. The van der Waals surface area contributed by atoms with Gasteiger partial charge in [0.2, 0.25) is 5.91 Å². The van der Waals surface area contributed by atoms with Crippen LogP contribution in [0.5, 0.6) is 0 Å². The third-order valence-corrected chi connectivity index (χ3v) is 3.36. The van der Waals surface area contributed by atoms with Crippen LogP contribution in [-0.2, 0) is 4.79 Å². The Labute approximate surface area is 126 Å². The Morgan fingerprint density at radius 2 is 2.18 bits per heavy atom. The van der Waals surface area contributed by atoms with E-state index < -0.39 is 31.0 Å². The van der Waals surface area contributed by atoms with Crippen molar-refractivity contribution in [3.63, 3.8) is 0 Å². The van der Waals surface area contributed by atoms with E-state index in [0.29, 0.717) is 5.69 Å². The SMILES string of the molecule is O=C(C=C1c2ccccc2NCCC1(F)F)NC[C@H](O)CO. The van der Waals surface area contributed by atoms with Gasteiger partial charge in [-0.2, -0.15) is 0 Å². The monoisotopic (exact) mass is 312 g/mol. The van der Waals surface area contributed by atoms with Crippen LogP contribution in [-0.4, -0.2) is 47.8 Å². The van der Waals surface area contributed by atoms with Gasteiger partial charge in [-0.3, -0.25) is 4.79 Å². The maximum absolute atomic E-state index is 14.3. The maximum atomic E-state index is 14.3. The van der Waals surface area contributed by atoms with Gasteiger partial charge >= 0.3 is 0 Å². The molecule has 1 heterocycles. The van der Waals surface area contributed by atoms with Crippen molar-refractivity contribution in [1.29, 1.82) is 0 Å². The smallest absolute Gasteiger partial charge is 0.275 e. The number of carbonyl (C=O) groups is 1. The van der Waals surface area contributed by atoms with Gasteiger partial charge in [0, 0.05) is 42.4 Å². The lowest BCUT2D eigenvalue weighted by molar-refractivity contribution is -0.117. The molecule has 1 aliphatic rings. The molecule has 1 aliphatic heterocycles. The second kappa shape index (κ2) is 6.85. The minimum Gasteiger partial charge on any atom is -0.394 e. The van der Waals surface area contributed by atoms with Gasteiger partial charge in [-0.15, -0.1) is 0 Å². The Morgan fingerprint density at radius 3 is 2.91 bits per heavy atom. The molecule has 0 saturated heterocycles. The van der Waals surface area contributed by atoms with Gasteiger partial charge in [-0.1, -0.05) is 18.2 Å². The highest BCUT2D eigenvalue weighted by Gasteiger charge is 2.38. The Balaban J connectivity index is 2.28. The lowest BCUT2D eigenvalue weighted by Crippen LogP contribution is -2.33. The highest BCUT2D eigenvalue weighted by molar-refractivity contribution is 5.98. The van der Waals surface area contributed by atoms with E-state index in [9.17, 15) is 18.7 Å². The Hall–Kier alpha value is -1.99. The summed E-state index contributed by atoms with van der Waals surface area (Å²) in [6.07, 6.45) is -0.679. The number of para-hydroxylation sites is 1. The van der Waals surface area contributed by atoms with Crippen LogP contribution in [0, 0.1) is 0 Å². The van der Waals surface area contributed by atoms with Crippen molar-refractivity contribution in [2.75, 3.05) is 25.0 Å². The van der Waals surface area contributed by atoms with E-state index in [0.717, 1.165) is 6.08 Å².